The van der Waals surface area contributed by atoms with E-state index in [0.717, 1.165) is 29.2 Å². The quantitative estimate of drug-likeness (QED) is 0.843. The van der Waals surface area contributed by atoms with Gasteiger partial charge in [0.1, 0.15) is 0 Å². The number of anilines is 1. The normalized spacial score (nSPS) is 42.8. The van der Waals surface area contributed by atoms with E-state index in [2.05, 4.69) is 4.68 Å². The fraction of sp³-hybridized carbons (Fsp3) is 0.800. The predicted molar refractivity (Wildman–Crippen MR) is 71.2 cm³/mol. The van der Waals surface area contributed by atoms with Crippen molar-refractivity contribution in [1.29, 1.82) is 0 Å². The average Bonchev–Trinajstić information content (AvgIpc) is 2.94. The van der Waals surface area contributed by atoms with Gasteiger partial charge in [0.2, 0.25) is 0 Å². The van der Waals surface area contributed by atoms with Gasteiger partial charge < -0.3 is 10.5 Å². The van der Waals surface area contributed by atoms with Gasteiger partial charge in [0.05, 0.1) is 24.9 Å². The van der Waals surface area contributed by atoms with E-state index < -0.39 is 0 Å². The Kier molecular flexibility index (Phi) is 2.00. The van der Waals surface area contributed by atoms with E-state index in [1.807, 2.05) is 0 Å². The van der Waals surface area contributed by atoms with Crippen LogP contribution in [0.2, 0.25) is 0 Å². The number of hydrogen-bond acceptors (Lipinski definition) is 3. The summed E-state index contributed by atoms with van der Waals surface area (Å²) in [5.41, 5.74) is 8.51. The third-order valence-corrected chi connectivity index (χ3v) is 6.09. The molecule has 0 saturated heterocycles. The van der Waals surface area contributed by atoms with Crippen molar-refractivity contribution in [3.63, 3.8) is 0 Å². The van der Waals surface area contributed by atoms with E-state index >= 15 is 0 Å². The molecule has 0 aromatic carbocycles. The number of rotatable bonds is 1. The Morgan fingerprint density at radius 2 is 1.68 bits per heavy atom. The molecule has 2 N–H and O–H groups in total. The van der Waals surface area contributed by atoms with Gasteiger partial charge in [-0.2, -0.15) is 5.10 Å². The summed E-state index contributed by atoms with van der Waals surface area (Å²) in [5.74, 6) is 4.42. The maximum Gasteiger partial charge on any atom is 0.151 e. The molecule has 4 nitrogen and oxygen atoms in total. The Labute approximate surface area is 113 Å². The summed E-state index contributed by atoms with van der Waals surface area (Å²) in [6.07, 6.45) is 7.20. The van der Waals surface area contributed by atoms with Gasteiger partial charge in [-0.25, -0.2) is 0 Å². The Bertz CT molecular complexity index is 508. The highest BCUT2D eigenvalue weighted by Crippen LogP contribution is 2.58. The number of fused-ring (bicyclic) bond motifs is 1. The van der Waals surface area contributed by atoms with Crippen LogP contribution in [0.4, 0.5) is 5.82 Å². The third kappa shape index (κ3) is 1.36. The average molecular weight is 259 g/mol. The van der Waals surface area contributed by atoms with Crippen LogP contribution in [-0.2, 0) is 18.0 Å². The summed E-state index contributed by atoms with van der Waals surface area (Å²) in [4.78, 5) is 0. The number of aromatic nitrogens is 2. The highest BCUT2D eigenvalue weighted by atomic mass is 16.5. The van der Waals surface area contributed by atoms with Gasteiger partial charge in [-0.05, 0) is 55.8 Å². The minimum atomic E-state index is 0.612. The highest BCUT2D eigenvalue weighted by Gasteiger charge is 2.50. The molecular formula is C15H21N3O. The number of nitrogens with two attached hydrogens (primary N) is 1. The first-order valence-electron chi connectivity index (χ1n) is 7.73. The molecule has 19 heavy (non-hydrogen) atoms. The SMILES string of the molecule is Nc1nn(C2C3CC4CC(C3)CC2C4)c2c1COC2. The van der Waals surface area contributed by atoms with Crippen molar-refractivity contribution in [2.24, 2.45) is 23.7 Å². The van der Waals surface area contributed by atoms with E-state index in [4.69, 9.17) is 15.6 Å². The van der Waals surface area contributed by atoms with E-state index in [1.54, 1.807) is 0 Å². The summed E-state index contributed by atoms with van der Waals surface area (Å²) in [7, 11) is 0. The molecule has 6 rings (SSSR count). The van der Waals surface area contributed by atoms with E-state index in [9.17, 15) is 0 Å². The van der Waals surface area contributed by atoms with Crippen molar-refractivity contribution in [3.8, 4) is 0 Å². The van der Waals surface area contributed by atoms with Crippen LogP contribution in [-0.4, -0.2) is 9.78 Å². The standard InChI is InChI=1S/C15H21N3O/c16-15-12-6-19-7-13(12)18(17-15)14-10-2-8-1-9(4-10)5-11(14)3-8/h8-11,14H,1-7H2,(H2,16,17). The lowest BCUT2D eigenvalue weighted by molar-refractivity contribution is -0.0356. The van der Waals surface area contributed by atoms with Gasteiger partial charge in [0, 0.05) is 5.56 Å². The van der Waals surface area contributed by atoms with Gasteiger partial charge in [0.25, 0.3) is 0 Å². The molecule has 0 amide bonds. The first kappa shape index (κ1) is 10.7. The molecule has 0 atom stereocenters. The maximum absolute atomic E-state index is 6.07. The summed E-state index contributed by atoms with van der Waals surface area (Å²) >= 11 is 0. The monoisotopic (exact) mass is 259 g/mol. The van der Waals surface area contributed by atoms with Crippen molar-refractivity contribution in [2.45, 2.75) is 51.4 Å². The second-order valence-electron chi connectivity index (χ2n) is 7.17. The molecule has 4 aliphatic carbocycles. The van der Waals surface area contributed by atoms with Gasteiger partial charge in [-0.3, -0.25) is 4.68 Å². The zero-order chi connectivity index (χ0) is 12.6. The topological polar surface area (TPSA) is 53.1 Å². The number of ether oxygens (including phenoxy) is 1. The smallest absolute Gasteiger partial charge is 0.151 e. The van der Waals surface area contributed by atoms with Crippen LogP contribution in [0.1, 0.15) is 49.4 Å². The van der Waals surface area contributed by atoms with Crippen molar-refractivity contribution in [3.05, 3.63) is 11.3 Å². The lowest BCUT2D eigenvalue weighted by Gasteiger charge is -2.54. The summed E-state index contributed by atoms with van der Waals surface area (Å²) in [5, 5.41) is 4.69. The van der Waals surface area contributed by atoms with Crippen molar-refractivity contribution < 1.29 is 4.74 Å². The van der Waals surface area contributed by atoms with E-state index in [1.165, 1.54) is 37.8 Å². The Balaban J connectivity index is 1.58. The van der Waals surface area contributed by atoms with Crippen molar-refractivity contribution >= 4 is 5.82 Å². The molecule has 1 aliphatic heterocycles. The van der Waals surface area contributed by atoms with Crippen LogP contribution >= 0.6 is 0 Å². The second-order valence-corrected chi connectivity index (χ2v) is 7.17. The predicted octanol–water partition coefficient (Wildman–Crippen LogP) is 2.49. The first-order chi connectivity index (χ1) is 9.29. The zero-order valence-corrected chi connectivity index (χ0v) is 11.2. The fourth-order valence-corrected chi connectivity index (χ4v) is 5.63. The second kappa shape index (κ2) is 3.54. The molecule has 0 spiro atoms. The molecule has 5 aliphatic rings. The minimum absolute atomic E-state index is 0.612. The van der Waals surface area contributed by atoms with Gasteiger partial charge in [0.15, 0.2) is 5.82 Å². The lowest BCUT2D eigenvalue weighted by Crippen LogP contribution is -2.46. The zero-order valence-electron chi connectivity index (χ0n) is 11.2. The lowest BCUT2D eigenvalue weighted by atomic mass is 9.54. The summed E-state index contributed by atoms with van der Waals surface area (Å²) in [6.45, 7) is 1.37. The van der Waals surface area contributed by atoms with Crippen LogP contribution in [0.15, 0.2) is 0 Å². The maximum atomic E-state index is 6.07. The van der Waals surface area contributed by atoms with Crippen LogP contribution in [0.5, 0.6) is 0 Å². The van der Waals surface area contributed by atoms with Gasteiger partial charge >= 0.3 is 0 Å². The number of nitrogens with zero attached hydrogens (tertiary/aromatic N) is 2. The molecule has 2 heterocycles. The van der Waals surface area contributed by atoms with Crippen molar-refractivity contribution in [2.75, 3.05) is 5.73 Å². The van der Waals surface area contributed by atoms with E-state index in [-0.39, 0.29) is 0 Å². The number of nitrogen functional groups attached to an aromatic ring is 1. The summed E-state index contributed by atoms with van der Waals surface area (Å²) in [6, 6.07) is 0.612. The van der Waals surface area contributed by atoms with Crippen LogP contribution in [0.3, 0.4) is 0 Å². The molecule has 4 fully saturated rings. The molecule has 102 valence electrons. The molecule has 1 aromatic heterocycles. The minimum Gasteiger partial charge on any atom is -0.382 e. The summed E-state index contributed by atoms with van der Waals surface area (Å²) < 4.78 is 7.86. The van der Waals surface area contributed by atoms with Crippen LogP contribution in [0.25, 0.3) is 0 Å². The molecule has 1 aromatic rings. The van der Waals surface area contributed by atoms with Gasteiger partial charge in [-0.15, -0.1) is 0 Å². The largest absolute Gasteiger partial charge is 0.382 e. The Morgan fingerprint density at radius 1 is 1.00 bits per heavy atom. The molecule has 0 unspecified atom stereocenters. The molecule has 4 heteroatoms. The van der Waals surface area contributed by atoms with Crippen molar-refractivity contribution in [1.82, 2.24) is 9.78 Å². The Hall–Kier alpha value is -1.03. The van der Waals surface area contributed by atoms with E-state index in [0.29, 0.717) is 25.1 Å². The van der Waals surface area contributed by atoms with Crippen LogP contribution in [0, 0.1) is 23.7 Å². The molecule has 4 saturated carbocycles. The van der Waals surface area contributed by atoms with Gasteiger partial charge in [-0.1, -0.05) is 0 Å². The number of hydrogen-bond donors (Lipinski definition) is 1. The Morgan fingerprint density at radius 3 is 2.37 bits per heavy atom. The highest BCUT2D eigenvalue weighted by molar-refractivity contribution is 5.44. The molecular weight excluding hydrogens is 238 g/mol. The first-order valence-corrected chi connectivity index (χ1v) is 7.73. The molecule has 0 radical (unpaired) electrons. The molecule has 4 bridgehead atoms. The van der Waals surface area contributed by atoms with Crippen LogP contribution < -0.4 is 5.73 Å². The third-order valence-electron chi connectivity index (χ3n) is 6.09. The fourth-order valence-electron chi connectivity index (χ4n) is 5.63.